The third kappa shape index (κ3) is 3.48. The summed E-state index contributed by atoms with van der Waals surface area (Å²) in [6.45, 7) is 0. The highest BCUT2D eigenvalue weighted by Crippen LogP contribution is 2.32. The molecule has 2 aromatic rings. The summed E-state index contributed by atoms with van der Waals surface area (Å²) < 4.78 is 29.0. The average molecular weight is 378 g/mol. The quantitative estimate of drug-likeness (QED) is 0.805. The van der Waals surface area contributed by atoms with Crippen molar-refractivity contribution in [1.82, 2.24) is 0 Å². The van der Waals surface area contributed by atoms with E-state index in [2.05, 4.69) is 5.32 Å². The number of carbonyl (C=O) groups excluding carboxylic acids is 2. The Morgan fingerprint density at radius 3 is 2.62 bits per heavy atom. The van der Waals surface area contributed by atoms with E-state index in [0.717, 1.165) is 6.07 Å². The molecule has 26 heavy (non-hydrogen) atoms. The van der Waals surface area contributed by atoms with Crippen molar-refractivity contribution in [2.45, 2.75) is 6.29 Å². The van der Waals surface area contributed by atoms with Gasteiger partial charge in [-0.3, -0.25) is 0 Å². The lowest BCUT2D eigenvalue weighted by Gasteiger charge is -2.17. The molecule has 0 aromatic heterocycles. The molecule has 1 aliphatic heterocycles. The van der Waals surface area contributed by atoms with E-state index in [1.54, 1.807) is 24.3 Å². The van der Waals surface area contributed by atoms with Crippen molar-refractivity contribution in [2.75, 3.05) is 12.4 Å². The lowest BCUT2D eigenvalue weighted by Crippen LogP contribution is -2.24. The summed E-state index contributed by atoms with van der Waals surface area (Å²) in [4.78, 5) is 24.0. The number of nitrogens with one attached hydrogen (secondary N) is 1. The smallest absolute Gasteiger partial charge is 0.355 e. The highest BCUT2D eigenvalue weighted by atomic mass is 35.5. The first-order valence-electron chi connectivity index (χ1n) is 7.47. The molecule has 8 heteroatoms. The molecule has 1 unspecified atom stereocenters. The van der Waals surface area contributed by atoms with Crippen LogP contribution in [0.4, 0.5) is 10.1 Å². The van der Waals surface area contributed by atoms with E-state index in [9.17, 15) is 14.0 Å². The topological polar surface area (TPSA) is 73.9 Å². The Labute approximate surface area is 153 Å². The minimum Gasteiger partial charge on any atom is -0.495 e. The predicted molar refractivity (Wildman–Crippen MR) is 91.2 cm³/mol. The van der Waals surface area contributed by atoms with Crippen LogP contribution in [0.15, 0.2) is 59.3 Å². The third-order valence-electron chi connectivity index (χ3n) is 3.55. The van der Waals surface area contributed by atoms with Gasteiger partial charge >= 0.3 is 11.9 Å². The van der Waals surface area contributed by atoms with Gasteiger partial charge in [0.25, 0.3) is 6.29 Å². The number of benzene rings is 2. The Morgan fingerprint density at radius 1 is 1.19 bits per heavy atom. The van der Waals surface area contributed by atoms with Crippen LogP contribution < -0.4 is 10.1 Å². The van der Waals surface area contributed by atoms with Crippen molar-refractivity contribution in [1.29, 1.82) is 0 Å². The van der Waals surface area contributed by atoms with Crippen LogP contribution in [0, 0.1) is 5.82 Å². The van der Waals surface area contributed by atoms with Crippen molar-refractivity contribution in [2.24, 2.45) is 0 Å². The number of carbonyl (C=O) groups is 2. The van der Waals surface area contributed by atoms with E-state index in [4.69, 9.17) is 25.8 Å². The SMILES string of the molecule is COc1ccccc1NC1=C(Cl)C(=O)OC1OC(=O)c1ccccc1F. The number of methoxy groups -OCH3 is 1. The fourth-order valence-electron chi connectivity index (χ4n) is 2.30. The first-order valence-corrected chi connectivity index (χ1v) is 7.85. The number of anilines is 1. The summed E-state index contributed by atoms with van der Waals surface area (Å²) in [5.41, 5.74) is 0.211. The van der Waals surface area contributed by atoms with Gasteiger partial charge in [-0.25, -0.2) is 14.0 Å². The molecule has 0 bridgehead atoms. The molecule has 1 aliphatic rings. The van der Waals surface area contributed by atoms with Gasteiger partial charge in [-0.05, 0) is 24.3 Å². The van der Waals surface area contributed by atoms with Crippen molar-refractivity contribution in [3.05, 3.63) is 70.6 Å². The molecule has 0 fully saturated rings. The van der Waals surface area contributed by atoms with Crippen molar-refractivity contribution < 1.29 is 28.2 Å². The molecule has 134 valence electrons. The van der Waals surface area contributed by atoms with Crippen LogP contribution in [0.1, 0.15) is 10.4 Å². The van der Waals surface area contributed by atoms with Crippen molar-refractivity contribution >= 4 is 29.2 Å². The molecule has 0 spiro atoms. The second kappa shape index (κ2) is 7.45. The van der Waals surface area contributed by atoms with Crippen LogP contribution in [-0.2, 0) is 14.3 Å². The standard InChI is InChI=1S/C18H13ClFNO5/c1-24-13-9-5-4-8-12(13)21-15-14(19)17(23)26-18(15)25-16(22)10-6-2-3-7-11(10)20/h2-9,18,21H,1H3. The van der Waals surface area contributed by atoms with E-state index >= 15 is 0 Å². The molecule has 1 atom stereocenters. The maximum atomic E-state index is 13.7. The fraction of sp³-hybridized carbons (Fsp3) is 0.111. The molecule has 0 saturated carbocycles. The minimum absolute atomic E-state index is 0.0193. The zero-order valence-electron chi connectivity index (χ0n) is 13.5. The summed E-state index contributed by atoms with van der Waals surface area (Å²) in [5.74, 6) is -2.14. The molecule has 0 amide bonds. The molecule has 0 radical (unpaired) electrons. The molecule has 6 nitrogen and oxygen atoms in total. The zero-order chi connectivity index (χ0) is 18.7. The minimum atomic E-state index is -1.44. The molecule has 1 N–H and O–H groups in total. The van der Waals surface area contributed by atoms with Crippen LogP contribution in [0.2, 0.25) is 0 Å². The van der Waals surface area contributed by atoms with Gasteiger partial charge in [0.05, 0.1) is 18.4 Å². The van der Waals surface area contributed by atoms with E-state index in [1.807, 2.05) is 0 Å². The number of esters is 2. The zero-order valence-corrected chi connectivity index (χ0v) is 14.2. The maximum Gasteiger partial charge on any atom is 0.355 e. The Hall–Kier alpha value is -3.06. The van der Waals surface area contributed by atoms with E-state index < -0.39 is 24.0 Å². The second-order valence-corrected chi connectivity index (χ2v) is 5.55. The predicted octanol–water partition coefficient (Wildman–Crippen LogP) is 3.44. The summed E-state index contributed by atoms with van der Waals surface area (Å²) in [5, 5.41) is 2.59. The Bertz CT molecular complexity index is 899. The van der Waals surface area contributed by atoms with Gasteiger partial charge in [0.1, 0.15) is 17.3 Å². The fourth-order valence-corrected chi connectivity index (χ4v) is 2.48. The van der Waals surface area contributed by atoms with Gasteiger partial charge < -0.3 is 19.5 Å². The average Bonchev–Trinajstić information content (AvgIpc) is 2.90. The number of rotatable bonds is 5. The van der Waals surface area contributed by atoms with E-state index in [-0.39, 0.29) is 16.3 Å². The van der Waals surface area contributed by atoms with E-state index in [1.165, 1.54) is 25.3 Å². The van der Waals surface area contributed by atoms with Gasteiger partial charge in [-0.1, -0.05) is 35.9 Å². The van der Waals surface area contributed by atoms with Crippen LogP contribution >= 0.6 is 11.6 Å². The van der Waals surface area contributed by atoms with E-state index in [0.29, 0.717) is 11.4 Å². The van der Waals surface area contributed by atoms with Crippen LogP contribution in [0.3, 0.4) is 0 Å². The summed E-state index contributed by atoms with van der Waals surface area (Å²) >= 11 is 5.97. The number of ether oxygens (including phenoxy) is 3. The number of halogens is 2. The second-order valence-electron chi connectivity index (χ2n) is 5.18. The van der Waals surface area contributed by atoms with Crippen molar-refractivity contribution in [3.8, 4) is 5.75 Å². The molecule has 1 heterocycles. The lowest BCUT2D eigenvalue weighted by atomic mass is 10.2. The first kappa shape index (κ1) is 17.8. The largest absolute Gasteiger partial charge is 0.495 e. The third-order valence-corrected chi connectivity index (χ3v) is 3.91. The number of cyclic esters (lactones) is 1. The van der Waals surface area contributed by atoms with Crippen LogP contribution in [-0.4, -0.2) is 25.3 Å². The summed E-state index contributed by atoms with van der Waals surface area (Å²) in [6, 6.07) is 12.2. The summed E-state index contributed by atoms with van der Waals surface area (Å²) in [7, 11) is 1.47. The Morgan fingerprint density at radius 2 is 1.88 bits per heavy atom. The molecule has 2 aromatic carbocycles. The number of hydrogen-bond acceptors (Lipinski definition) is 6. The lowest BCUT2D eigenvalue weighted by molar-refractivity contribution is -0.152. The van der Waals surface area contributed by atoms with Gasteiger partial charge in [0, 0.05) is 0 Å². The van der Waals surface area contributed by atoms with Gasteiger partial charge in [0.2, 0.25) is 0 Å². The normalized spacial score (nSPS) is 16.3. The molecular weight excluding hydrogens is 365 g/mol. The maximum absolute atomic E-state index is 13.7. The highest BCUT2D eigenvalue weighted by Gasteiger charge is 2.37. The van der Waals surface area contributed by atoms with Crippen molar-refractivity contribution in [3.63, 3.8) is 0 Å². The van der Waals surface area contributed by atoms with Gasteiger partial charge in [-0.15, -0.1) is 0 Å². The monoisotopic (exact) mass is 377 g/mol. The highest BCUT2D eigenvalue weighted by molar-refractivity contribution is 6.42. The Kier molecular flexibility index (Phi) is 5.09. The Balaban J connectivity index is 1.84. The number of para-hydroxylation sites is 2. The number of hydrogen-bond donors (Lipinski definition) is 1. The molecular formula is C18H13ClFNO5. The van der Waals surface area contributed by atoms with Gasteiger partial charge in [0.15, 0.2) is 5.03 Å². The first-order chi connectivity index (χ1) is 12.5. The summed E-state index contributed by atoms with van der Waals surface area (Å²) in [6.07, 6.45) is -1.44. The molecule has 0 saturated heterocycles. The molecule has 0 aliphatic carbocycles. The van der Waals surface area contributed by atoms with Crippen LogP contribution in [0.5, 0.6) is 5.75 Å². The van der Waals surface area contributed by atoms with Crippen LogP contribution in [0.25, 0.3) is 0 Å². The van der Waals surface area contributed by atoms with Gasteiger partial charge in [-0.2, -0.15) is 0 Å². The molecule has 3 rings (SSSR count).